The molecule has 29 heavy (non-hydrogen) atoms. The summed E-state index contributed by atoms with van der Waals surface area (Å²) in [6.45, 7) is 0.848. The summed E-state index contributed by atoms with van der Waals surface area (Å²) < 4.78 is 34.5. The molecule has 4 heterocycles. The lowest BCUT2D eigenvalue weighted by molar-refractivity contribution is -0.118. The third-order valence-electron chi connectivity index (χ3n) is 5.65. The minimum absolute atomic E-state index is 0.127. The van der Waals surface area contributed by atoms with Crippen LogP contribution in [0.15, 0.2) is 56.7 Å². The number of carbonyl (C=O) groups is 1. The van der Waals surface area contributed by atoms with Gasteiger partial charge in [0.1, 0.15) is 5.76 Å². The van der Waals surface area contributed by atoms with E-state index in [4.69, 9.17) is 4.42 Å². The molecule has 1 atom stereocenters. The summed E-state index contributed by atoms with van der Waals surface area (Å²) in [5.41, 5.74) is 3.83. The zero-order valence-electron chi connectivity index (χ0n) is 15.6. The zero-order chi connectivity index (χ0) is 20.0. The third-order valence-corrected chi connectivity index (χ3v) is 7.75. The van der Waals surface area contributed by atoms with Crippen LogP contribution in [0.4, 0.5) is 5.69 Å². The predicted molar refractivity (Wildman–Crippen MR) is 111 cm³/mol. The number of nitrogens with one attached hydrogen (secondary N) is 1. The Hall–Kier alpha value is -2.42. The first kappa shape index (κ1) is 18.6. The largest absolute Gasteiger partial charge is 0.469 e. The maximum absolute atomic E-state index is 13.1. The van der Waals surface area contributed by atoms with Crippen molar-refractivity contribution in [2.75, 3.05) is 18.0 Å². The molecule has 2 aliphatic rings. The molecule has 150 valence electrons. The lowest BCUT2D eigenvalue weighted by Gasteiger charge is -2.25. The molecule has 0 aliphatic carbocycles. The highest BCUT2D eigenvalue weighted by Gasteiger charge is 2.33. The van der Waals surface area contributed by atoms with Gasteiger partial charge in [-0.2, -0.15) is 11.3 Å². The summed E-state index contributed by atoms with van der Waals surface area (Å²) in [5, 5.41) is 3.98. The van der Waals surface area contributed by atoms with Crippen LogP contribution in [0.2, 0.25) is 0 Å². The molecule has 6 nitrogen and oxygen atoms in total. The first-order chi connectivity index (χ1) is 14.0. The van der Waals surface area contributed by atoms with E-state index in [1.165, 1.54) is 0 Å². The Labute approximate surface area is 173 Å². The number of hydrogen-bond acceptors (Lipinski definition) is 5. The summed E-state index contributed by atoms with van der Waals surface area (Å²) in [6.07, 6.45) is 3.32. The maximum atomic E-state index is 13.1. The number of furan rings is 1. The van der Waals surface area contributed by atoms with Crippen LogP contribution in [0.25, 0.3) is 0 Å². The third kappa shape index (κ3) is 3.31. The van der Waals surface area contributed by atoms with Gasteiger partial charge in [0.05, 0.1) is 22.8 Å². The molecule has 0 radical (unpaired) electrons. The fraction of sp³-hybridized carbons (Fsp3) is 0.286. The van der Waals surface area contributed by atoms with Crippen molar-refractivity contribution in [3.63, 3.8) is 0 Å². The van der Waals surface area contributed by atoms with Gasteiger partial charge in [-0.1, -0.05) is 0 Å². The maximum Gasteiger partial charge on any atom is 0.240 e. The zero-order valence-corrected chi connectivity index (χ0v) is 17.3. The number of thiophene rings is 1. The molecule has 2 aromatic heterocycles. The smallest absolute Gasteiger partial charge is 0.240 e. The number of benzene rings is 1. The number of hydrogen-bond donors (Lipinski definition) is 1. The fourth-order valence-corrected chi connectivity index (χ4v) is 6.06. The molecule has 1 aromatic carbocycles. The molecule has 2 aliphatic heterocycles. The van der Waals surface area contributed by atoms with Crippen molar-refractivity contribution in [2.45, 2.75) is 30.1 Å². The van der Waals surface area contributed by atoms with Gasteiger partial charge < -0.3 is 9.32 Å². The molecule has 0 saturated carbocycles. The van der Waals surface area contributed by atoms with Gasteiger partial charge >= 0.3 is 0 Å². The monoisotopic (exact) mass is 428 g/mol. The van der Waals surface area contributed by atoms with Gasteiger partial charge in [0.15, 0.2) is 0 Å². The number of sulfonamides is 1. The molecule has 8 heteroatoms. The van der Waals surface area contributed by atoms with E-state index in [0.29, 0.717) is 25.8 Å². The van der Waals surface area contributed by atoms with Gasteiger partial charge in [0.2, 0.25) is 15.9 Å². The van der Waals surface area contributed by atoms with E-state index in [-0.39, 0.29) is 23.3 Å². The minimum Gasteiger partial charge on any atom is -0.469 e. The molecular weight excluding hydrogens is 408 g/mol. The van der Waals surface area contributed by atoms with Crippen molar-refractivity contribution in [1.29, 1.82) is 0 Å². The van der Waals surface area contributed by atoms with Crippen LogP contribution in [-0.4, -0.2) is 27.4 Å². The van der Waals surface area contributed by atoms with Crippen LogP contribution in [-0.2, 0) is 27.7 Å². The summed E-state index contributed by atoms with van der Waals surface area (Å²) in [6, 6.07) is 9.09. The fourth-order valence-electron chi connectivity index (χ4n) is 4.20. The number of aryl methyl sites for hydroxylation is 1. The minimum atomic E-state index is -3.69. The number of rotatable bonds is 6. The van der Waals surface area contributed by atoms with Crippen molar-refractivity contribution in [3.05, 3.63) is 69.8 Å². The Morgan fingerprint density at radius 3 is 2.72 bits per heavy atom. The van der Waals surface area contributed by atoms with Crippen LogP contribution >= 0.6 is 11.3 Å². The van der Waals surface area contributed by atoms with Crippen molar-refractivity contribution < 1.29 is 17.6 Å². The second kappa shape index (κ2) is 7.12. The average Bonchev–Trinajstić information content (AvgIpc) is 3.46. The molecule has 1 unspecified atom stereocenters. The van der Waals surface area contributed by atoms with Crippen molar-refractivity contribution in [2.24, 2.45) is 0 Å². The van der Waals surface area contributed by atoms with Gasteiger partial charge in [0.25, 0.3) is 0 Å². The van der Waals surface area contributed by atoms with E-state index in [2.05, 4.69) is 4.72 Å². The van der Waals surface area contributed by atoms with Gasteiger partial charge in [-0.05, 0) is 70.6 Å². The number of nitrogens with zero attached hydrogens (tertiary/aromatic N) is 1. The quantitative estimate of drug-likeness (QED) is 0.653. The van der Waals surface area contributed by atoms with Crippen LogP contribution in [0.3, 0.4) is 0 Å². The van der Waals surface area contributed by atoms with Crippen molar-refractivity contribution in [3.8, 4) is 0 Å². The first-order valence-corrected chi connectivity index (χ1v) is 12.0. The Morgan fingerprint density at radius 1 is 1.17 bits per heavy atom. The standard InChI is InChI=1S/C21H20N2O4S2/c24-20-4-3-14-10-17(11-15-5-7-23(20)21(14)15)29(25,26)22-12-18(16-6-9-28-13-16)19-2-1-8-27-19/h1-2,6,8-11,13,18,22H,3-5,7,12H2. The van der Waals surface area contributed by atoms with Crippen molar-refractivity contribution in [1.82, 2.24) is 4.72 Å². The second-order valence-electron chi connectivity index (χ2n) is 7.36. The molecule has 1 amide bonds. The molecule has 3 aromatic rings. The summed E-state index contributed by atoms with van der Waals surface area (Å²) >= 11 is 1.57. The van der Waals surface area contributed by atoms with Gasteiger partial charge in [-0.15, -0.1) is 0 Å². The molecule has 0 saturated heterocycles. The SMILES string of the molecule is O=C1CCc2cc(S(=O)(=O)NCC(c3ccsc3)c3ccco3)cc3c2N1CC3. The second-order valence-corrected chi connectivity index (χ2v) is 9.91. The van der Waals surface area contributed by atoms with E-state index in [1.54, 1.807) is 34.6 Å². The Bertz CT molecular complexity index is 1120. The normalized spacial score (nSPS) is 16.8. The summed E-state index contributed by atoms with van der Waals surface area (Å²) in [5.74, 6) is 0.665. The summed E-state index contributed by atoms with van der Waals surface area (Å²) in [7, 11) is -3.69. The van der Waals surface area contributed by atoms with Gasteiger partial charge in [-0.3, -0.25) is 4.79 Å². The lowest BCUT2D eigenvalue weighted by atomic mass is 10.00. The van der Waals surface area contributed by atoms with Gasteiger partial charge in [-0.25, -0.2) is 13.1 Å². The molecule has 0 spiro atoms. The number of amides is 1. The molecular formula is C21H20N2O4S2. The highest BCUT2D eigenvalue weighted by atomic mass is 32.2. The predicted octanol–water partition coefficient (Wildman–Crippen LogP) is 3.29. The van der Waals surface area contributed by atoms with Crippen LogP contribution in [0.1, 0.15) is 34.8 Å². The van der Waals surface area contributed by atoms with Crippen LogP contribution in [0.5, 0.6) is 0 Å². The van der Waals surface area contributed by atoms with E-state index in [1.807, 2.05) is 29.0 Å². The van der Waals surface area contributed by atoms with E-state index >= 15 is 0 Å². The molecule has 1 N–H and O–H groups in total. The first-order valence-electron chi connectivity index (χ1n) is 9.54. The van der Waals surface area contributed by atoms with E-state index in [0.717, 1.165) is 28.1 Å². The molecule has 0 bridgehead atoms. The number of anilines is 1. The van der Waals surface area contributed by atoms with Crippen molar-refractivity contribution >= 4 is 33.0 Å². The van der Waals surface area contributed by atoms with Crippen LogP contribution < -0.4 is 9.62 Å². The molecule has 0 fully saturated rings. The highest BCUT2D eigenvalue weighted by Crippen LogP contribution is 2.38. The molecule has 5 rings (SSSR count). The van der Waals surface area contributed by atoms with Gasteiger partial charge in [0, 0.05) is 19.5 Å². The Kier molecular flexibility index (Phi) is 4.57. The van der Waals surface area contributed by atoms with E-state index in [9.17, 15) is 13.2 Å². The Balaban J connectivity index is 1.43. The Morgan fingerprint density at radius 2 is 2.00 bits per heavy atom. The average molecular weight is 429 g/mol. The lowest BCUT2D eigenvalue weighted by Crippen LogP contribution is -2.33. The topological polar surface area (TPSA) is 79.6 Å². The highest BCUT2D eigenvalue weighted by molar-refractivity contribution is 7.89. The number of carbonyl (C=O) groups excluding carboxylic acids is 1. The van der Waals surface area contributed by atoms with E-state index < -0.39 is 10.0 Å². The summed E-state index contributed by atoms with van der Waals surface area (Å²) in [4.78, 5) is 14.2. The van der Waals surface area contributed by atoms with Crippen LogP contribution in [0, 0.1) is 0 Å².